The van der Waals surface area contributed by atoms with E-state index in [-0.39, 0.29) is 28.7 Å². The van der Waals surface area contributed by atoms with Crippen LogP contribution in [0.1, 0.15) is 29.0 Å². The van der Waals surface area contributed by atoms with Gasteiger partial charge in [0.05, 0.1) is 36.8 Å². The number of rotatable bonds is 5. The Morgan fingerprint density at radius 3 is 2.52 bits per heavy atom. The number of amides is 1. The van der Waals surface area contributed by atoms with E-state index in [1.54, 1.807) is 21.0 Å². The van der Waals surface area contributed by atoms with E-state index < -0.39 is 21.9 Å². The third kappa shape index (κ3) is 3.90. The Kier molecular flexibility index (Phi) is 5.75. The molecule has 1 aliphatic heterocycles. The second-order valence-corrected chi connectivity index (χ2v) is 8.84. The zero-order valence-electron chi connectivity index (χ0n) is 16.7. The zero-order chi connectivity index (χ0) is 21.3. The molecular formula is C17H24N6O5S. The van der Waals surface area contributed by atoms with Crippen molar-refractivity contribution in [1.82, 2.24) is 23.9 Å². The minimum Gasteiger partial charge on any atom is -0.464 e. The van der Waals surface area contributed by atoms with E-state index in [1.807, 2.05) is 0 Å². The number of aryl methyl sites for hydroxylation is 2. The first-order valence-electron chi connectivity index (χ1n) is 9.06. The zero-order valence-corrected chi connectivity index (χ0v) is 17.6. The van der Waals surface area contributed by atoms with Crippen LogP contribution in [-0.2, 0) is 33.7 Å². The normalized spacial score (nSPS) is 17.9. The van der Waals surface area contributed by atoms with E-state index >= 15 is 0 Å². The fourth-order valence-corrected chi connectivity index (χ4v) is 5.06. The Bertz CT molecular complexity index is 1040. The lowest BCUT2D eigenvalue weighted by Crippen LogP contribution is -2.43. The van der Waals surface area contributed by atoms with Crippen molar-refractivity contribution in [2.75, 3.05) is 25.5 Å². The minimum atomic E-state index is -3.75. The van der Waals surface area contributed by atoms with Gasteiger partial charge in [0.1, 0.15) is 4.90 Å². The molecule has 0 unspecified atom stereocenters. The molecule has 2 aromatic rings. The van der Waals surface area contributed by atoms with Gasteiger partial charge in [-0.05, 0) is 19.8 Å². The molecule has 0 aliphatic carbocycles. The van der Waals surface area contributed by atoms with Crippen LogP contribution >= 0.6 is 0 Å². The second kappa shape index (κ2) is 7.95. The predicted molar refractivity (Wildman–Crippen MR) is 103 cm³/mol. The van der Waals surface area contributed by atoms with E-state index in [9.17, 15) is 18.0 Å². The van der Waals surface area contributed by atoms with Gasteiger partial charge in [0.2, 0.25) is 15.9 Å². The maximum absolute atomic E-state index is 13.0. The number of ether oxygens (including phenoxy) is 1. The van der Waals surface area contributed by atoms with Crippen molar-refractivity contribution in [3.8, 4) is 0 Å². The van der Waals surface area contributed by atoms with Crippen molar-refractivity contribution in [2.24, 2.45) is 20.0 Å². The van der Waals surface area contributed by atoms with E-state index in [0.29, 0.717) is 25.1 Å². The topological polar surface area (TPSA) is 128 Å². The van der Waals surface area contributed by atoms with Crippen molar-refractivity contribution in [3.05, 3.63) is 23.8 Å². The maximum Gasteiger partial charge on any atom is 0.358 e. The molecule has 12 heteroatoms. The van der Waals surface area contributed by atoms with Gasteiger partial charge in [0.15, 0.2) is 5.69 Å². The average Bonchev–Trinajstić information content (AvgIpc) is 3.23. The molecule has 1 atom stereocenters. The number of hydrogen-bond donors (Lipinski definition) is 1. The number of esters is 1. The van der Waals surface area contributed by atoms with Crippen LogP contribution in [0.4, 0.5) is 5.69 Å². The quantitative estimate of drug-likeness (QED) is 0.683. The number of nitrogens with zero attached hydrogens (tertiary/aromatic N) is 5. The van der Waals surface area contributed by atoms with Gasteiger partial charge in [-0.2, -0.15) is 14.5 Å². The van der Waals surface area contributed by atoms with E-state index in [2.05, 4.69) is 15.5 Å². The van der Waals surface area contributed by atoms with Gasteiger partial charge in [-0.3, -0.25) is 14.2 Å². The van der Waals surface area contributed by atoms with Gasteiger partial charge in [-0.15, -0.1) is 0 Å². The lowest BCUT2D eigenvalue weighted by Gasteiger charge is -2.31. The van der Waals surface area contributed by atoms with Gasteiger partial charge in [-0.1, -0.05) is 0 Å². The molecule has 0 bridgehead atoms. The molecule has 3 heterocycles. The molecule has 0 saturated carbocycles. The van der Waals surface area contributed by atoms with Gasteiger partial charge in [0.25, 0.3) is 0 Å². The summed E-state index contributed by atoms with van der Waals surface area (Å²) < 4.78 is 34.8. The summed E-state index contributed by atoms with van der Waals surface area (Å²) in [5.74, 6) is -1.55. The molecule has 1 N–H and O–H groups in total. The van der Waals surface area contributed by atoms with Crippen molar-refractivity contribution >= 4 is 27.6 Å². The molecule has 3 rings (SSSR count). The summed E-state index contributed by atoms with van der Waals surface area (Å²) in [5, 5.41) is 10.7. The molecule has 0 spiro atoms. The molecule has 1 amide bonds. The molecule has 0 radical (unpaired) electrons. The number of nitrogens with one attached hydrogen (secondary N) is 1. The second-order valence-electron chi connectivity index (χ2n) is 6.93. The van der Waals surface area contributed by atoms with Crippen molar-refractivity contribution in [3.63, 3.8) is 0 Å². The molecule has 0 aromatic carbocycles. The van der Waals surface area contributed by atoms with E-state index in [0.717, 1.165) is 0 Å². The fraction of sp³-hybridized carbons (Fsp3) is 0.529. The summed E-state index contributed by atoms with van der Waals surface area (Å²) in [5.41, 5.74) is 0.884. The summed E-state index contributed by atoms with van der Waals surface area (Å²) in [6.45, 7) is 2.07. The lowest BCUT2D eigenvalue weighted by atomic mass is 9.99. The Balaban J connectivity index is 1.77. The maximum atomic E-state index is 13.0. The standard InChI is InChI=1S/C17H24N6O5S/c1-11-14(9-19-21(11)2)29(26,27)23-7-5-6-12(10-23)16(24)20-13-8-18-22(3)15(13)17(25)28-4/h8-9,12H,5-7,10H2,1-4H3,(H,20,24)/t12-/m0/s1. The van der Waals surface area contributed by atoms with Gasteiger partial charge >= 0.3 is 5.97 Å². The van der Waals surface area contributed by atoms with Crippen LogP contribution in [0, 0.1) is 12.8 Å². The number of carbonyl (C=O) groups excluding carboxylic acids is 2. The molecular weight excluding hydrogens is 400 g/mol. The first-order chi connectivity index (χ1) is 13.7. The summed E-state index contributed by atoms with van der Waals surface area (Å²) in [4.78, 5) is 24.8. The summed E-state index contributed by atoms with van der Waals surface area (Å²) >= 11 is 0. The van der Waals surface area contributed by atoms with Crippen molar-refractivity contribution in [1.29, 1.82) is 0 Å². The smallest absolute Gasteiger partial charge is 0.358 e. The highest BCUT2D eigenvalue weighted by Crippen LogP contribution is 2.26. The number of sulfonamides is 1. The minimum absolute atomic E-state index is 0.0519. The Morgan fingerprint density at radius 2 is 1.90 bits per heavy atom. The first-order valence-corrected chi connectivity index (χ1v) is 10.5. The molecule has 1 fully saturated rings. The summed E-state index contributed by atoms with van der Waals surface area (Å²) in [7, 11) is 0.725. The summed E-state index contributed by atoms with van der Waals surface area (Å²) in [6, 6.07) is 0. The highest BCUT2D eigenvalue weighted by atomic mass is 32.2. The van der Waals surface area contributed by atoms with E-state index in [1.165, 1.54) is 33.2 Å². The molecule has 1 aliphatic rings. The van der Waals surface area contributed by atoms with Crippen molar-refractivity contribution in [2.45, 2.75) is 24.7 Å². The van der Waals surface area contributed by atoms with Crippen LogP contribution in [-0.4, -0.2) is 64.4 Å². The number of methoxy groups -OCH3 is 1. The number of aromatic nitrogens is 4. The Morgan fingerprint density at radius 1 is 1.21 bits per heavy atom. The number of hydrogen-bond acceptors (Lipinski definition) is 7. The van der Waals surface area contributed by atoms with Crippen LogP contribution in [0.15, 0.2) is 17.3 Å². The highest BCUT2D eigenvalue weighted by Gasteiger charge is 2.35. The molecule has 2 aromatic heterocycles. The molecule has 158 valence electrons. The van der Waals surface area contributed by atoms with Crippen molar-refractivity contribution < 1.29 is 22.7 Å². The third-order valence-electron chi connectivity index (χ3n) is 5.14. The monoisotopic (exact) mass is 424 g/mol. The number of piperidine rings is 1. The van der Waals surface area contributed by atoms with E-state index in [4.69, 9.17) is 4.74 Å². The number of carbonyl (C=O) groups is 2. The van der Waals surface area contributed by atoms with Crippen LogP contribution in [0.3, 0.4) is 0 Å². The molecule has 1 saturated heterocycles. The largest absolute Gasteiger partial charge is 0.464 e. The average molecular weight is 424 g/mol. The highest BCUT2D eigenvalue weighted by molar-refractivity contribution is 7.89. The lowest BCUT2D eigenvalue weighted by molar-refractivity contribution is -0.120. The van der Waals surface area contributed by atoms with Crippen LogP contribution in [0.2, 0.25) is 0 Å². The van der Waals surface area contributed by atoms with Crippen LogP contribution < -0.4 is 5.32 Å². The SMILES string of the molecule is COC(=O)c1c(NC(=O)[C@H]2CCCN(S(=O)(=O)c3cnn(C)c3C)C2)cnn1C. The molecule has 29 heavy (non-hydrogen) atoms. The predicted octanol–water partition coefficient (Wildman–Crippen LogP) is 0.288. The van der Waals surface area contributed by atoms with Gasteiger partial charge in [0, 0.05) is 27.2 Å². The van der Waals surface area contributed by atoms with Gasteiger partial charge in [-0.25, -0.2) is 13.2 Å². The first kappa shape index (κ1) is 21.0. The fourth-order valence-electron chi connectivity index (χ4n) is 3.35. The molecule has 11 nitrogen and oxygen atoms in total. The Hall–Kier alpha value is -2.73. The summed E-state index contributed by atoms with van der Waals surface area (Å²) in [6.07, 6.45) is 3.78. The Labute approximate surface area is 168 Å². The third-order valence-corrected chi connectivity index (χ3v) is 7.11. The van der Waals surface area contributed by atoms with Crippen LogP contribution in [0.25, 0.3) is 0 Å². The van der Waals surface area contributed by atoms with Gasteiger partial charge < -0.3 is 10.1 Å². The van der Waals surface area contributed by atoms with Crippen LogP contribution in [0.5, 0.6) is 0 Å². The number of anilines is 1.